The van der Waals surface area contributed by atoms with E-state index in [9.17, 15) is 4.79 Å². The third-order valence-electron chi connectivity index (χ3n) is 5.21. The molecular weight excluding hydrogens is 406 g/mol. The zero-order valence-electron chi connectivity index (χ0n) is 17.0. The number of aromatic nitrogens is 4. The fourth-order valence-corrected chi connectivity index (χ4v) is 4.68. The van der Waals surface area contributed by atoms with E-state index in [4.69, 9.17) is 4.98 Å². The molecule has 31 heavy (non-hydrogen) atoms. The number of aryl methyl sites for hydroxylation is 2. The summed E-state index contributed by atoms with van der Waals surface area (Å²) in [5.74, 6) is 0.771. The number of fused-ring (bicyclic) bond motifs is 1. The van der Waals surface area contributed by atoms with Crippen molar-refractivity contribution in [1.29, 1.82) is 0 Å². The summed E-state index contributed by atoms with van der Waals surface area (Å²) in [6, 6.07) is 20.2. The molecule has 6 nitrogen and oxygen atoms in total. The molecule has 3 aromatic heterocycles. The molecule has 0 atom stereocenters. The van der Waals surface area contributed by atoms with Gasteiger partial charge in [-0.25, -0.2) is 9.97 Å². The van der Waals surface area contributed by atoms with Crippen LogP contribution in [0.3, 0.4) is 0 Å². The molecule has 5 aromatic rings. The molecule has 1 N–H and O–H groups in total. The van der Waals surface area contributed by atoms with Gasteiger partial charge in [0, 0.05) is 49.7 Å². The largest absolute Gasteiger partial charge is 0.347 e. The van der Waals surface area contributed by atoms with Crippen LogP contribution in [0.15, 0.2) is 79.3 Å². The number of amides is 1. The fraction of sp³-hybridized carbons (Fsp3) is 0.125. The van der Waals surface area contributed by atoms with Crippen LogP contribution < -0.4 is 5.32 Å². The highest BCUT2D eigenvalue weighted by Gasteiger charge is 2.19. The molecule has 0 fully saturated rings. The second-order valence-electron chi connectivity index (χ2n) is 7.29. The van der Waals surface area contributed by atoms with E-state index in [1.807, 2.05) is 66.5 Å². The zero-order valence-corrected chi connectivity index (χ0v) is 17.8. The monoisotopic (exact) mass is 427 g/mol. The lowest BCUT2D eigenvalue weighted by Crippen LogP contribution is -2.14. The number of nitrogens with zero attached hydrogens (tertiary/aromatic N) is 4. The Morgan fingerprint density at radius 1 is 1.03 bits per heavy atom. The lowest BCUT2D eigenvalue weighted by atomic mass is 10.1. The second-order valence-corrected chi connectivity index (χ2v) is 8.29. The van der Waals surface area contributed by atoms with Gasteiger partial charge >= 0.3 is 0 Å². The summed E-state index contributed by atoms with van der Waals surface area (Å²) in [5, 5.41) is 4.74. The van der Waals surface area contributed by atoms with Crippen molar-refractivity contribution in [2.24, 2.45) is 7.05 Å². The van der Waals surface area contributed by atoms with Crippen LogP contribution in [0.4, 0.5) is 5.13 Å². The van der Waals surface area contributed by atoms with Crippen molar-refractivity contribution in [3.05, 3.63) is 79.3 Å². The highest BCUT2D eigenvalue weighted by molar-refractivity contribution is 7.19. The lowest BCUT2D eigenvalue weighted by Gasteiger charge is -2.05. The molecule has 0 aliphatic carbocycles. The molecule has 1 amide bonds. The number of rotatable bonds is 6. The molecule has 0 radical (unpaired) electrons. The molecule has 5 rings (SSSR count). The molecule has 0 saturated carbocycles. The van der Waals surface area contributed by atoms with Crippen LogP contribution in [-0.2, 0) is 18.4 Å². The van der Waals surface area contributed by atoms with Gasteiger partial charge in [-0.15, -0.1) is 0 Å². The smallest absolute Gasteiger partial charge is 0.227 e. The first-order chi connectivity index (χ1) is 15.2. The molecule has 0 aliphatic rings. The first-order valence-electron chi connectivity index (χ1n) is 10.1. The van der Waals surface area contributed by atoms with Gasteiger partial charge in [0.2, 0.25) is 5.91 Å². The van der Waals surface area contributed by atoms with Crippen molar-refractivity contribution in [1.82, 2.24) is 19.1 Å². The van der Waals surface area contributed by atoms with Crippen molar-refractivity contribution in [3.8, 4) is 22.0 Å². The maximum Gasteiger partial charge on any atom is 0.227 e. The zero-order chi connectivity index (χ0) is 21.2. The Hall–Kier alpha value is -3.71. The summed E-state index contributed by atoms with van der Waals surface area (Å²) in [6.07, 6.45) is 6.07. The number of para-hydroxylation sites is 1. The first kappa shape index (κ1) is 19.3. The molecular formula is C24H21N5OS. The van der Waals surface area contributed by atoms with Crippen LogP contribution >= 0.6 is 11.3 Å². The number of nitrogens with one attached hydrogen (secondary N) is 1. The Morgan fingerprint density at radius 3 is 2.65 bits per heavy atom. The van der Waals surface area contributed by atoms with E-state index in [1.54, 1.807) is 6.20 Å². The van der Waals surface area contributed by atoms with Crippen molar-refractivity contribution in [2.75, 3.05) is 5.32 Å². The quantitative estimate of drug-likeness (QED) is 0.405. The number of carbonyl (C=O) groups is 1. The van der Waals surface area contributed by atoms with E-state index >= 15 is 0 Å². The molecule has 7 heteroatoms. The van der Waals surface area contributed by atoms with E-state index in [0.717, 1.165) is 27.5 Å². The molecule has 2 aromatic carbocycles. The maximum absolute atomic E-state index is 12.7. The second kappa shape index (κ2) is 8.20. The molecule has 154 valence electrons. The van der Waals surface area contributed by atoms with Crippen LogP contribution in [0.2, 0.25) is 0 Å². The number of benzene rings is 2. The van der Waals surface area contributed by atoms with Gasteiger partial charge in [-0.2, -0.15) is 0 Å². The van der Waals surface area contributed by atoms with Gasteiger partial charge < -0.3 is 14.5 Å². The first-order valence-corrected chi connectivity index (χ1v) is 10.9. The number of imidazole rings is 1. The van der Waals surface area contributed by atoms with Crippen molar-refractivity contribution < 1.29 is 4.79 Å². The number of anilines is 1. The summed E-state index contributed by atoms with van der Waals surface area (Å²) in [6.45, 7) is 0.614. The van der Waals surface area contributed by atoms with Crippen LogP contribution in [-0.4, -0.2) is 25.0 Å². The predicted octanol–water partition coefficient (Wildman–Crippen LogP) is 5.19. The highest BCUT2D eigenvalue weighted by atomic mass is 32.1. The summed E-state index contributed by atoms with van der Waals surface area (Å²) < 4.78 is 4.06. The van der Waals surface area contributed by atoms with E-state index in [0.29, 0.717) is 18.1 Å². The summed E-state index contributed by atoms with van der Waals surface area (Å²) >= 11 is 1.45. The van der Waals surface area contributed by atoms with Gasteiger partial charge in [0.1, 0.15) is 0 Å². The van der Waals surface area contributed by atoms with Crippen LogP contribution in [0.25, 0.3) is 32.9 Å². The molecule has 0 unspecified atom stereocenters. The van der Waals surface area contributed by atoms with Gasteiger partial charge in [-0.3, -0.25) is 4.79 Å². The Bertz CT molecular complexity index is 1350. The van der Waals surface area contributed by atoms with Gasteiger partial charge in [0.25, 0.3) is 0 Å². The maximum atomic E-state index is 12.7. The number of hydrogen-bond acceptors (Lipinski definition) is 4. The molecule has 0 bridgehead atoms. The van der Waals surface area contributed by atoms with Crippen molar-refractivity contribution >= 4 is 33.3 Å². The molecule has 0 aliphatic heterocycles. The summed E-state index contributed by atoms with van der Waals surface area (Å²) in [7, 11) is 1.95. The predicted molar refractivity (Wildman–Crippen MR) is 125 cm³/mol. The standard InChI is InChI=1S/C24H21N5OS/c1-28-16-13-25-23(28)22-21(18-8-3-2-4-9-18)27-24(31-22)26-20(30)12-15-29-14-11-17-7-5-6-10-19(17)29/h2-11,13-14,16H,12,15H2,1H3,(H,26,27,30). The number of thiazole rings is 1. The Labute approximate surface area is 183 Å². The Morgan fingerprint density at radius 2 is 1.84 bits per heavy atom. The summed E-state index contributed by atoms with van der Waals surface area (Å²) in [4.78, 5) is 22.8. The van der Waals surface area contributed by atoms with Crippen molar-refractivity contribution in [3.63, 3.8) is 0 Å². The van der Waals surface area contributed by atoms with Gasteiger partial charge in [0.15, 0.2) is 11.0 Å². The lowest BCUT2D eigenvalue weighted by molar-refractivity contribution is -0.116. The molecule has 3 heterocycles. The average Bonchev–Trinajstić information content (AvgIpc) is 3.51. The van der Waals surface area contributed by atoms with Crippen LogP contribution in [0.5, 0.6) is 0 Å². The Kier molecular flexibility index (Phi) is 5.09. The highest BCUT2D eigenvalue weighted by Crippen LogP contribution is 2.38. The van der Waals surface area contributed by atoms with Gasteiger partial charge in [-0.05, 0) is 17.5 Å². The minimum Gasteiger partial charge on any atom is -0.347 e. The number of carbonyl (C=O) groups excluding carboxylic acids is 1. The number of hydrogen-bond donors (Lipinski definition) is 1. The minimum absolute atomic E-state index is 0.0578. The van der Waals surface area contributed by atoms with E-state index in [2.05, 4.69) is 33.1 Å². The topological polar surface area (TPSA) is 64.7 Å². The van der Waals surface area contributed by atoms with Crippen LogP contribution in [0, 0.1) is 0 Å². The molecule has 0 spiro atoms. The normalized spacial score (nSPS) is 11.1. The third kappa shape index (κ3) is 3.87. The third-order valence-corrected chi connectivity index (χ3v) is 6.17. The van der Waals surface area contributed by atoms with E-state index in [-0.39, 0.29) is 5.91 Å². The Balaban J connectivity index is 1.37. The van der Waals surface area contributed by atoms with E-state index in [1.165, 1.54) is 16.7 Å². The van der Waals surface area contributed by atoms with Crippen LogP contribution in [0.1, 0.15) is 6.42 Å². The van der Waals surface area contributed by atoms with Gasteiger partial charge in [0.05, 0.1) is 10.6 Å². The average molecular weight is 428 g/mol. The minimum atomic E-state index is -0.0578. The fourth-order valence-electron chi connectivity index (χ4n) is 3.64. The van der Waals surface area contributed by atoms with Crippen molar-refractivity contribution in [2.45, 2.75) is 13.0 Å². The van der Waals surface area contributed by atoms with E-state index < -0.39 is 0 Å². The summed E-state index contributed by atoms with van der Waals surface area (Å²) in [5.41, 5.74) is 2.95. The SMILES string of the molecule is Cn1ccnc1-c1sc(NC(=O)CCn2ccc3ccccc32)nc1-c1ccccc1. The molecule has 0 saturated heterocycles. The van der Waals surface area contributed by atoms with Gasteiger partial charge in [-0.1, -0.05) is 59.9 Å².